The molecule has 0 aliphatic heterocycles. The molecule has 138 valence electrons. The molecule has 0 saturated heterocycles. The van der Waals surface area contributed by atoms with Gasteiger partial charge in [0.15, 0.2) is 0 Å². The summed E-state index contributed by atoms with van der Waals surface area (Å²) in [5.41, 5.74) is 0.915. The van der Waals surface area contributed by atoms with Crippen LogP contribution in [0.15, 0.2) is 54.6 Å². The lowest BCUT2D eigenvalue weighted by molar-refractivity contribution is -0.131. The van der Waals surface area contributed by atoms with Crippen LogP contribution in [0.25, 0.3) is 0 Å². The maximum Gasteiger partial charge on any atom is 0.241 e. The zero-order chi connectivity index (χ0) is 18.8. The van der Waals surface area contributed by atoms with Gasteiger partial charge in [0, 0.05) is 7.05 Å². The SMILES string of the molecule is COc1ccc(OCCN(C)C(=O)CNC(=O)Cc2ccccc2)cc1. The molecule has 0 saturated carbocycles. The maximum atomic E-state index is 12.1. The van der Waals surface area contributed by atoms with E-state index < -0.39 is 0 Å². The Kier molecular flexibility index (Phi) is 7.49. The van der Waals surface area contributed by atoms with Crippen LogP contribution in [0.5, 0.6) is 11.5 Å². The molecule has 6 heteroatoms. The number of hydrogen-bond donors (Lipinski definition) is 1. The van der Waals surface area contributed by atoms with E-state index in [0.717, 1.165) is 11.3 Å². The highest BCUT2D eigenvalue weighted by molar-refractivity contribution is 5.85. The van der Waals surface area contributed by atoms with Crippen LogP contribution in [0.3, 0.4) is 0 Å². The standard InChI is InChI=1S/C20H24N2O4/c1-22(12-13-26-18-10-8-17(25-2)9-11-18)20(24)15-21-19(23)14-16-6-4-3-5-7-16/h3-11H,12-15H2,1-2H3,(H,21,23). The molecule has 1 N–H and O–H groups in total. The summed E-state index contributed by atoms with van der Waals surface area (Å²) in [6, 6.07) is 16.7. The Hall–Kier alpha value is -3.02. The molecule has 0 unspecified atom stereocenters. The van der Waals surface area contributed by atoms with Crippen molar-refractivity contribution in [3.63, 3.8) is 0 Å². The lowest BCUT2D eigenvalue weighted by atomic mass is 10.1. The van der Waals surface area contributed by atoms with Crippen LogP contribution in [0.2, 0.25) is 0 Å². The summed E-state index contributed by atoms with van der Waals surface area (Å²) < 4.78 is 10.7. The van der Waals surface area contributed by atoms with Crippen LogP contribution in [0.1, 0.15) is 5.56 Å². The van der Waals surface area contributed by atoms with E-state index in [2.05, 4.69) is 5.32 Å². The summed E-state index contributed by atoms with van der Waals surface area (Å²) in [6.07, 6.45) is 0.262. The first-order valence-electron chi connectivity index (χ1n) is 8.40. The first-order chi connectivity index (χ1) is 12.6. The minimum Gasteiger partial charge on any atom is -0.497 e. The van der Waals surface area contributed by atoms with E-state index in [-0.39, 0.29) is 24.8 Å². The second-order valence-electron chi connectivity index (χ2n) is 5.78. The Balaban J connectivity index is 1.65. The molecular formula is C20H24N2O4. The lowest BCUT2D eigenvalue weighted by Crippen LogP contribution is -2.40. The molecule has 0 bridgehead atoms. The van der Waals surface area contributed by atoms with E-state index in [4.69, 9.17) is 9.47 Å². The Bertz CT molecular complexity index is 702. The van der Waals surface area contributed by atoms with Gasteiger partial charge < -0.3 is 19.7 Å². The normalized spacial score (nSPS) is 10.1. The van der Waals surface area contributed by atoms with Crippen molar-refractivity contribution in [2.45, 2.75) is 6.42 Å². The molecule has 0 aliphatic carbocycles. The van der Waals surface area contributed by atoms with E-state index in [0.29, 0.717) is 18.9 Å². The Morgan fingerprint density at radius 1 is 1.00 bits per heavy atom. The number of carbonyl (C=O) groups is 2. The van der Waals surface area contributed by atoms with Crippen molar-refractivity contribution in [2.24, 2.45) is 0 Å². The van der Waals surface area contributed by atoms with Crippen molar-refractivity contribution in [1.82, 2.24) is 10.2 Å². The molecule has 0 aromatic heterocycles. The third kappa shape index (κ3) is 6.47. The van der Waals surface area contributed by atoms with Crippen molar-refractivity contribution in [1.29, 1.82) is 0 Å². The van der Waals surface area contributed by atoms with Gasteiger partial charge in [0.25, 0.3) is 0 Å². The number of hydrogen-bond acceptors (Lipinski definition) is 4. The molecule has 2 aromatic carbocycles. The number of nitrogens with one attached hydrogen (secondary N) is 1. The number of nitrogens with zero attached hydrogens (tertiary/aromatic N) is 1. The predicted molar refractivity (Wildman–Crippen MR) is 99.3 cm³/mol. The minimum atomic E-state index is -0.174. The van der Waals surface area contributed by atoms with E-state index >= 15 is 0 Å². The number of methoxy groups -OCH3 is 1. The molecule has 0 radical (unpaired) electrons. The molecule has 2 rings (SSSR count). The van der Waals surface area contributed by atoms with Crippen molar-refractivity contribution in [3.05, 3.63) is 60.2 Å². The molecule has 26 heavy (non-hydrogen) atoms. The number of rotatable bonds is 9. The van der Waals surface area contributed by atoms with Crippen molar-refractivity contribution >= 4 is 11.8 Å². The van der Waals surface area contributed by atoms with Crippen LogP contribution in [0, 0.1) is 0 Å². The molecule has 0 aliphatic rings. The summed E-state index contributed by atoms with van der Waals surface area (Å²) >= 11 is 0. The lowest BCUT2D eigenvalue weighted by Gasteiger charge is -2.18. The molecule has 2 amide bonds. The molecule has 2 aromatic rings. The van der Waals surface area contributed by atoms with Crippen LogP contribution in [-0.4, -0.2) is 50.6 Å². The summed E-state index contributed by atoms with van der Waals surface area (Å²) in [7, 11) is 3.29. The third-order valence-electron chi connectivity index (χ3n) is 3.82. The summed E-state index contributed by atoms with van der Waals surface area (Å²) in [4.78, 5) is 25.5. The average Bonchev–Trinajstić information content (AvgIpc) is 2.67. The Labute approximate surface area is 153 Å². The van der Waals surface area contributed by atoms with Crippen molar-refractivity contribution in [3.8, 4) is 11.5 Å². The molecule has 0 spiro atoms. The van der Waals surface area contributed by atoms with Crippen LogP contribution in [-0.2, 0) is 16.0 Å². The van der Waals surface area contributed by atoms with Gasteiger partial charge in [-0.2, -0.15) is 0 Å². The van der Waals surface area contributed by atoms with E-state index in [9.17, 15) is 9.59 Å². The van der Waals surface area contributed by atoms with Gasteiger partial charge in [0.2, 0.25) is 11.8 Å². The van der Waals surface area contributed by atoms with Gasteiger partial charge in [-0.3, -0.25) is 9.59 Å². The number of benzene rings is 2. The Morgan fingerprint density at radius 3 is 2.31 bits per heavy atom. The van der Waals surface area contributed by atoms with Gasteiger partial charge >= 0.3 is 0 Å². The van der Waals surface area contributed by atoms with Gasteiger partial charge in [-0.15, -0.1) is 0 Å². The molecule has 0 fully saturated rings. The van der Waals surface area contributed by atoms with Gasteiger partial charge in [-0.1, -0.05) is 30.3 Å². The summed E-state index contributed by atoms with van der Waals surface area (Å²) in [5.74, 6) is 1.14. The predicted octanol–water partition coefficient (Wildman–Crippen LogP) is 1.89. The fourth-order valence-corrected chi connectivity index (χ4v) is 2.25. The van der Waals surface area contributed by atoms with Gasteiger partial charge in [0.05, 0.1) is 26.6 Å². The number of likely N-dealkylation sites (N-methyl/N-ethyl adjacent to an activating group) is 1. The first-order valence-corrected chi connectivity index (χ1v) is 8.40. The second kappa shape index (κ2) is 10.1. The van der Waals surface area contributed by atoms with Crippen LogP contribution < -0.4 is 14.8 Å². The molecule has 0 atom stereocenters. The van der Waals surface area contributed by atoms with Gasteiger partial charge in [0.1, 0.15) is 18.1 Å². The zero-order valence-corrected chi connectivity index (χ0v) is 15.1. The van der Waals surface area contributed by atoms with Gasteiger partial charge in [-0.25, -0.2) is 0 Å². The second-order valence-corrected chi connectivity index (χ2v) is 5.78. The van der Waals surface area contributed by atoms with E-state index in [1.54, 1.807) is 14.2 Å². The van der Waals surface area contributed by atoms with E-state index in [1.165, 1.54) is 4.90 Å². The molecule has 6 nitrogen and oxygen atoms in total. The minimum absolute atomic E-state index is 0.0231. The monoisotopic (exact) mass is 356 g/mol. The zero-order valence-electron chi connectivity index (χ0n) is 15.1. The maximum absolute atomic E-state index is 12.1. The van der Waals surface area contributed by atoms with Crippen molar-refractivity contribution < 1.29 is 19.1 Å². The quantitative estimate of drug-likeness (QED) is 0.745. The fraction of sp³-hybridized carbons (Fsp3) is 0.300. The highest BCUT2D eigenvalue weighted by Gasteiger charge is 2.11. The topological polar surface area (TPSA) is 67.9 Å². The number of carbonyl (C=O) groups excluding carboxylic acids is 2. The largest absolute Gasteiger partial charge is 0.497 e. The molecular weight excluding hydrogens is 332 g/mol. The van der Waals surface area contributed by atoms with Gasteiger partial charge in [-0.05, 0) is 29.8 Å². The summed E-state index contributed by atoms with van der Waals surface area (Å²) in [5, 5.41) is 2.65. The molecule has 0 heterocycles. The highest BCUT2D eigenvalue weighted by Crippen LogP contribution is 2.16. The number of ether oxygens (including phenoxy) is 2. The smallest absolute Gasteiger partial charge is 0.241 e. The first kappa shape index (κ1) is 19.3. The third-order valence-corrected chi connectivity index (χ3v) is 3.82. The number of amides is 2. The summed E-state index contributed by atoms with van der Waals surface area (Å²) in [6.45, 7) is 0.774. The van der Waals surface area contributed by atoms with Crippen LogP contribution >= 0.6 is 0 Å². The van der Waals surface area contributed by atoms with E-state index in [1.807, 2.05) is 54.6 Å². The van der Waals surface area contributed by atoms with Crippen LogP contribution in [0.4, 0.5) is 0 Å². The Morgan fingerprint density at radius 2 is 1.65 bits per heavy atom. The highest BCUT2D eigenvalue weighted by atomic mass is 16.5. The van der Waals surface area contributed by atoms with Crippen molar-refractivity contribution in [2.75, 3.05) is 33.9 Å². The average molecular weight is 356 g/mol. The fourth-order valence-electron chi connectivity index (χ4n) is 2.25.